The van der Waals surface area contributed by atoms with Crippen LogP contribution in [-0.2, 0) is 9.59 Å². The molecule has 150 valence electrons. The molecule has 0 aromatic heterocycles. The van der Waals surface area contributed by atoms with Crippen molar-refractivity contribution in [2.75, 3.05) is 37.0 Å². The predicted octanol–water partition coefficient (Wildman–Crippen LogP) is 2.45. The third-order valence-electron chi connectivity index (χ3n) is 4.91. The second kappa shape index (κ2) is 10.2. The highest BCUT2D eigenvalue weighted by Gasteiger charge is 2.35. The molecule has 0 radical (unpaired) electrons. The molecule has 2 heterocycles. The highest BCUT2D eigenvalue weighted by molar-refractivity contribution is 7.99. The molecule has 0 aliphatic carbocycles. The number of amides is 2. The Labute approximate surface area is 171 Å². The van der Waals surface area contributed by atoms with E-state index < -0.39 is 6.04 Å². The summed E-state index contributed by atoms with van der Waals surface area (Å²) >= 11 is 1.88. The van der Waals surface area contributed by atoms with Gasteiger partial charge in [-0.15, -0.1) is 12.4 Å². The molecule has 2 amide bonds. The summed E-state index contributed by atoms with van der Waals surface area (Å²) in [6.07, 6.45) is 2.03. The van der Waals surface area contributed by atoms with E-state index in [1.165, 1.54) is 0 Å². The number of aryl methyl sites for hydroxylation is 1. The molecular weight excluding hydrogens is 386 g/mol. The summed E-state index contributed by atoms with van der Waals surface area (Å²) < 4.78 is 5.33. The second-order valence-corrected chi connectivity index (χ2v) is 8.02. The van der Waals surface area contributed by atoms with Gasteiger partial charge in [-0.1, -0.05) is 6.07 Å². The minimum absolute atomic E-state index is 0. The SMILES string of the molecule is COc1ccc(C)cc1NC(=O)C1CCCN1C(=O)CC1CSCCN1.Cl. The van der Waals surface area contributed by atoms with Crippen LogP contribution < -0.4 is 15.4 Å². The van der Waals surface area contributed by atoms with Crippen molar-refractivity contribution in [1.29, 1.82) is 0 Å². The quantitative estimate of drug-likeness (QED) is 0.775. The topological polar surface area (TPSA) is 70.7 Å². The summed E-state index contributed by atoms with van der Waals surface area (Å²) in [6.45, 7) is 3.57. The van der Waals surface area contributed by atoms with E-state index in [2.05, 4.69) is 10.6 Å². The average Bonchev–Trinajstić information content (AvgIpc) is 3.13. The van der Waals surface area contributed by atoms with E-state index in [0.717, 1.165) is 30.0 Å². The average molecular weight is 414 g/mol. The standard InChI is InChI=1S/C19H27N3O3S.ClH/c1-13-5-6-17(25-2)15(10-13)21-19(24)16-4-3-8-22(16)18(23)11-14-12-26-9-7-20-14;/h5-6,10,14,16,20H,3-4,7-9,11-12H2,1-2H3,(H,21,24);1H. The minimum Gasteiger partial charge on any atom is -0.495 e. The number of nitrogens with one attached hydrogen (secondary N) is 2. The number of halogens is 1. The number of methoxy groups -OCH3 is 1. The van der Waals surface area contributed by atoms with E-state index in [-0.39, 0.29) is 30.3 Å². The van der Waals surface area contributed by atoms with Gasteiger partial charge in [-0.2, -0.15) is 11.8 Å². The molecule has 2 atom stereocenters. The Hall–Kier alpha value is -1.44. The fourth-order valence-corrected chi connectivity index (χ4v) is 4.50. The number of carbonyl (C=O) groups excluding carboxylic acids is 2. The van der Waals surface area contributed by atoms with Crippen molar-refractivity contribution in [2.24, 2.45) is 0 Å². The van der Waals surface area contributed by atoms with Crippen LogP contribution in [0, 0.1) is 6.92 Å². The van der Waals surface area contributed by atoms with Gasteiger partial charge in [0.05, 0.1) is 12.8 Å². The van der Waals surface area contributed by atoms with Gasteiger partial charge in [0.1, 0.15) is 11.8 Å². The van der Waals surface area contributed by atoms with Gasteiger partial charge >= 0.3 is 0 Å². The third-order valence-corrected chi connectivity index (χ3v) is 6.04. The van der Waals surface area contributed by atoms with Crippen LogP contribution in [-0.4, -0.2) is 60.5 Å². The van der Waals surface area contributed by atoms with Crippen molar-refractivity contribution in [3.8, 4) is 5.75 Å². The molecule has 8 heteroatoms. The molecule has 2 aliphatic heterocycles. The number of hydrogen-bond donors (Lipinski definition) is 2. The monoisotopic (exact) mass is 413 g/mol. The van der Waals surface area contributed by atoms with Crippen molar-refractivity contribution in [3.63, 3.8) is 0 Å². The fraction of sp³-hybridized carbons (Fsp3) is 0.579. The van der Waals surface area contributed by atoms with Crippen molar-refractivity contribution < 1.29 is 14.3 Å². The Morgan fingerprint density at radius 1 is 1.41 bits per heavy atom. The molecule has 1 aromatic rings. The molecule has 3 rings (SSSR count). The van der Waals surface area contributed by atoms with Crippen LogP contribution in [0.1, 0.15) is 24.8 Å². The molecule has 2 aliphatic rings. The van der Waals surface area contributed by atoms with Crippen LogP contribution in [0.25, 0.3) is 0 Å². The Bertz CT molecular complexity index is 668. The maximum atomic E-state index is 12.8. The molecule has 2 N–H and O–H groups in total. The number of hydrogen-bond acceptors (Lipinski definition) is 5. The Balaban J connectivity index is 0.00000261. The summed E-state index contributed by atoms with van der Waals surface area (Å²) in [4.78, 5) is 27.3. The molecule has 0 spiro atoms. The van der Waals surface area contributed by atoms with Crippen LogP contribution >= 0.6 is 24.2 Å². The third kappa shape index (κ3) is 5.53. The Morgan fingerprint density at radius 3 is 2.93 bits per heavy atom. The molecule has 2 unspecified atom stereocenters. The summed E-state index contributed by atoms with van der Waals surface area (Å²) in [5, 5.41) is 6.35. The zero-order valence-electron chi connectivity index (χ0n) is 15.8. The lowest BCUT2D eigenvalue weighted by atomic mass is 10.1. The number of anilines is 1. The van der Waals surface area contributed by atoms with Crippen molar-refractivity contribution in [1.82, 2.24) is 10.2 Å². The van der Waals surface area contributed by atoms with Gasteiger partial charge in [-0.25, -0.2) is 0 Å². The molecule has 6 nitrogen and oxygen atoms in total. The van der Waals surface area contributed by atoms with Crippen LogP contribution in [0.5, 0.6) is 5.75 Å². The Kier molecular flexibility index (Phi) is 8.26. The van der Waals surface area contributed by atoms with Gasteiger partial charge in [0, 0.05) is 37.1 Å². The summed E-state index contributed by atoms with van der Waals surface area (Å²) in [5.41, 5.74) is 1.70. The lowest BCUT2D eigenvalue weighted by Crippen LogP contribution is -2.47. The predicted molar refractivity (Wildman–Crippen MR) is 112 cm³/mol. The maximum Gasteiger partial charge on any atom is 0.247 e. The fourth-order valence-electron chi connectivity index (χ4n) is 3.55. The largest absolute Gasteiger partial charge is 0.495 e. The molecular formula is C19H28ClN3O3S. The minimum atomic E-state index is -0.399. The van der Waals surface area contributed by atoms with Crippen LogP contribution in [0.4, 0.5) is 5.69 Å². The van der Waals surface area contributed by atoms with Crippen molar-refractivity contribution >= 4 is 41.7 Å². The van der Waals surface area contributed by atoms with E-state index in [1.807, 2.05) is 36.9 Å². The van der Waals surface area contributed by atoms with E-state index in [0.29, 0.717) is 30.8 Å². The van der Waals surface area contributed by atoms with Crippen LogP contribution in [0.3, 0.4) is 0 Å². The smallest absolute Gasteiger partial charge is 0.247 e. The van der Waals surface area contributed by atoms with E-state index in [1.54, 1.807) is 12.0 Å². The Morgan fingerprint density at radius 2 is 2.22 bits per heavy atom. The van der Waals surface area contributed by atoms with E-state index in [9.17, 15) is 9.59 Å². The zero-order valence-corrected chi connectivity index (χ0v) is 17.5. The van der Waals surface area contributed by atoms with E-state index in [4.69, 9.17) is 4.74 Å². The lowest BCUT2D eigenvalue weighted by molar-refractivity contribution is -0.137. The van der Waals surface area contributed by atoms with Crippen molar-refractivity contribution in [3.05, 3.63) is 23.8 Å². The normalized spacial score (nSPS) is 22.1. The number of thioether (sulfide) groups is 1. The van der Waals surface area contributed by atoms with Gasteiger partial charge in [0.2, 0.25) is 11.8 Å². The van der Waals surface area contributed by atoms with Gasteiger partial charge in [0.25, 0.3) is 0 Å². The lowest BCUT2D eigenvalue weighted by Gasteiger charge is -2.28. The molecule has 1 aromatic carbocycles. The summed E-state index contributed by atoms with van der Waals surface area (Å²) in [6, 6.07) is 5.48. The molecule has 0 bridgehead atoms. The highest BCUT2D eigenvalue weighted by atomic mass is 35.5. The molecule has 0 saturated carbocycles. The van der Waals surface area contributed by atoms with Gasteiger partial charge < -0.3 is 20.3 Å². The second-order valence-electron chi connectivity index (χ2n) is 6.87. The van der Waals surface area contributed by atoms with Crippen molar-refractivity contribution in [2.45, 2.75) is 38.3 Å². The number of rotatable bonds is 5. The number of carbonyl (C=O) groups is 2. The number of nitrogens with zero attached hydrogens (tertiary/aromatic N) is 1. The first kappa shape index (κ1) is 21.9. The highest BCUT2D eigenvalue weighted by Crippen LogP contribution is 2.27. The molecule has 2 fully saturated rings. The van der Waals surface area contributed by atoms with Gasteiger partial charge in [0.15, 0.2) is 0 Å². The van der Waals surface area contributed by atoms with Crippen LogP contribution in [0.2, 0.25) is 0 Å². The number of ether oxygens (including phenoxy) is 1. The number of likely N-dealkylation sites (tertiary alicyclic amines) is 1. The summed E-state index contributed by atoms with van der Waals surface area (Å²) in [7, 11) is 1.58. The van der Waals surface area contributed by atoms with Gasteiger partial charge in [-0.3, -0.25) is 9.59 Å². The van der Waals surface area contributed by atoms with Crippen LogP contribution in [0.15, 0.2) is 18.2 Å². The maximum absolute atomic E-state index is 12.8. The number of benzene rings is 1. The zero-order chi connectivity index (χ0) is 18.5. The first-order chi connectivity index (χ1) is 12.6. The first-order valence-electron chi connectivity index (χ1n) is 9.14. The molecule has 27 heavy (non-hydrogen) atoms. The summed E-state index contributed by atoms with van der Waals surface area (Å²) in [5.74, 6) is 2.61. The molecule has 2 saturated heterocycles. The first-order valence-corrected chi connectivity index (χ1v) is 10.3. The van der Waals surface area contributed by atoms with Gasteiger partial charge in [-0.05, 0) is 37.5 Å². The van der Waals surface area contributed by atoms with E-state index >= 15 is 0 Å².